The molecular weight excluding hydrogens is 334 g/mol. The molecule has 1 N–H and O–H groups in total. The summed E-state index contributed by atoms with van der Waals surface area (Å²) in [5, 5.41) is 5.34. The highest BCUT2D eigenvalue weighted by Crippen LogP contribution is 2.44. The second-order valence-corrected chi connectivity index (χ2v) is 8.07. The number of thiophene rings is 1. The van der Waals surface area contributed by atoms with Gasteiger partial charge in [-0.1, -0.05) is 6.07 Å². The van der Waals surface area contributed by atoms with Gasteiger partial charge in [-0.2, -0.15) is 0 Å². The Labute approximate surface area is 152 Å². The first-order valence-electron chi connectivity index (χ1n) is 9.13. The molecule has 0 amide bonds. The van der Waals surface area contributed by atoms with Crippen molar-refractivity contribution in [1.82, 2.24) is 5.32 Å². The minimum absolute atomic E-state index is 0.0224. The van der Waals surface area contributed by atoms with E-state index in [1.54, 1.807) is 11.3 Å². The van der Waals surface area contributed by atoms with Gasteiger partial charge in [-0.25, -0.2) is 4.79 Å². The van der Waals surface area contributed by atoms with Crippen LogP contribution in [0.3, 0.4) is 0 Å². The van der Waals surface area contributed by atoms with Crippen molar-refractivity contribution in [2.24, 2.45) is 0 Å². The molecule has 0 spiro atoms. The Kier molecular flexibility index (Phi) is 4.50. The highest BCUT2D eigenvalue weighted by Gasteiger charge is 2.40. The summed E-state index contributed by atoms with van der Waals surface area (Å²) in [7, 11) is 0. The Morgan fingerprint density at radius 2 is 2.04 bits per heavy atom. The van der Waals surface area contributed by atoms with Crippen LogP contribution in [0.4, 0.5) is 0 Å². The highest BCUT2D eigenvalue weighted by atomic mass is 32.1. The van der Waals surface area contributed by atoms with Crippen molar-refractivity contribution in [3.8, 4) is 0 Å². The summed E-state index contributed by atoms with van der Waals surface area (Å²) in [6.07, 6.45) is 6.46. The first kappa shape index (κ1) is 16.6. The molecule has 132 valence electrons. The number of allylic oxidation sites excluding steroid dienone is 3. The molecule has 1 aliphatic heterocycles. The Balaban J connectivity index is 1.73. The molecule has 0 aromatic carbocycles. The number of ketones is 1. The van der Waals surface area contributed by atoms with Gasteiger partial charge in [-0.05, 0) is 56.9 Å². The first-order valence-corrected chi connectivity index (χ1v) is 10.0. The normalized spacial score (nSPS) is 24.4. The third-order valence-corrected chi connectivity index (χ3v) is 6.34. The largest absolute Gasteiger partial charge is 0.459 e. The predicted molar refractivity (Wildman–Crippen MR) is 97.1 cm³/mol. The Morgan fingerprint density at radius 3 is 2.76 bits per heavy atom. The molecule has 25 heavy (non-hydrogen) atoms. The van der Waals surface area contributed by atoms with E-state index in [9.17, 15) is 9.59 Å². The maximum absolute atomic E-state index is 13.0. The zero-order valence-corrected chi connectivity index (χ0v) is 15.3. The second kappa shape index (κ2) is 6.79. The van der Waals surface area contributed by atoms with E-state index >= 15 is 0 Å². The highest BCUT2D eigenvalue weighted by molar-refractivity contribution is 7.10. The lowest BCUT2D eigenvalue weighted by atomic mass is 9.78. The molecule has 3 aliphatic rings. The van der Waals surface area contributed by atoms with E-state index in [-0.39, 0.29) is 23.8 Å². The van der Waals surface area contributed by atoms with Gasteiger partial charge < -0.3 is 10.1 Å². The van der Waals surface area contributed by atoms with E-state index < -0.39 is 0 Å². The van der Waals surface area contributed by atoms with Crippen LogP contribution in [0.25, 0.3) is 0 Å². The quantitative estimate of drug-likeness (QED) is 0.824. The lowest BCUT2D eigenvalue weighted by Crippen LogP contribution is -2.34. The van der Waals surface area contributed by atoms with Crippen molar-refractivity contribution in [2.75, 3.05) is 0 Å². The molecule has 4 rings (SSSR count). The summed E-state index contributed by atoms with van der Waals surface area (Å²) in [5.74, 6) is -0.385. The molecule has 2 aliphatic carbocycles. The van der Waals surface area contributed by atoms with Gasteiger partial charge >= 0.3 is 5.97 Å². The van der Waals surface area contributed by atoms with Crippen LogP contribution in [-0.2, 0) is 14.3 Å². The van der Waals surface area contributed by atoms with Gasteiger partial charge in [-0.15, -0.1) is 11.3 Å². The van der Waals surface area contributed by atoms with Crippen molar-refractivity contribution in [3.63, 3.8) is 0 Å². The number of carbonyl (C=O) groups excluding carboxylic acids is 2. The lowest BCUT2D eigenvalue weighted by molar-refractivity contribution is -0.144. The number of ether oxygens (including phenoxy) is 1. The Hall–Kier alpha value is -1.88. The van der Waals surface area contributed by atoms with Crippen LogP contribution in [-0.4, -0.2) is 17.9 Å². The fourth-order valence-corrected chi connectivity index (χ4v) is 5.06. The number of esters is 1. The zero-order chi connectivity index (χ0) is 17.4. The molecule has 4 nitrogen and oxygen atoms in total. The molecule has 1 aromatic rings. The molecule has 1 atom stereocenters. The van der Waals surface area contributed by atoms with Gasteiger partial charge in [0.2, 0.25) is 0 Å². The fraction of sp³-hybridized carbons (Fsp3) is 0.500. The molecule has 5 heteroatoms. The van der Waals surface area contributed by atoms with Gasteiger partial charge in [0, 0.05) is 28.3 Å². The van der Waals surface area contributed by atoms with Crippen molar-refractivity contribution >= 4 is 23.1 Å². The van der Waals surface area contributed by atoms with Crippen LogP contribution in [0, 0.1) is 0 Å². The summed E-state index contributed by atoms with van der Waals surface area (Å²) < 4.78 is 5.80. The van der Waals surface area contributed by atoms with Crippen LogP contribution in [0.5, 0.6) is 0 Å². The first-order chi connectivity index (χ1) is 12.1. The standard InChI is InChI=1S/C20H23NO3S/c1-12-17(20(23)24-13-6-2-3-7-13)19(16-10-5-11-25-16)18-14(21-12)8-4-9-15(18)22/h5,10-11,13,19,21H,2-4,6-9H2,1H3. The number of nitrogens with one attached hydrogen (secondary N) is 1. The van der Waals surface area contributed by atoms with E-state index in [2.05, 4.69) is 5.32 Å². The van der Waals surface area contributed by atoms with Crippen LogP contribution < -0.4 is 5.32 Å². The number of hydrogen-bond donors (Lipinski definition) is 1. The van der Waals surface area contributed by atoms with Crippen molar-refractivity contribution in [2.45, 2.75) is 63.9 Å². The second-order valence-electron chi connectivity index (χ2n) is 7.09. The number of rotatable bonds is 3. The Morgan fingerprint density at radius 1 is 1.24 bits per heavy atom. The van der Waals surface area contributed by atoms with E-state index in [0.717, 1.165) is 60.4 Å². The van der Waals surface area contributed by atoms with E-state index in [0.29, 0.717) is 12.0 Å². The molecule has 0 bridgehead atoms. The van der Waals surface area contributed by atoms with Gasteiger partial charge in [-0.3, -0.25) is 4.79 Å². The molecule has 1 fully saturated rings. The minimum Gasteiger partial charge on any atom is -0.459 e. The van der Waals surface area contributed by atoms with Crippen molar-refractivity contribution < 1.29 is 14.3 Å². The third kappa shape index (κ3) is 3.06. The molecule has 1 saturated carbocycles. The van der Waals surface area contributed by atoms with Crippen LogP contribution in [0.2, 0.25) is 0 Å². The summed E-state index contributed by atoms with van der Waals surface area (Å²) >= 11 is 1.60. The predicted octanol–water partition coefficient (Wildman–Crippen LogP) is 4.20. The van der Waals surface area contributed by atoms with Crippen molar-refractivity contribution in [3.05, 3.63) is 44.9 Å². The van der Waals surface area contributed by atoms with Gasteiger partial charge in [0.25, 0.3) is 0 Å². The smallest absolute Gasteiger partial charge is 0.337 e. The fourth-order valence-electron chi connectivity index (χ4n) is 4.21. The molecule has 2 heterocycles. The summed E-state index contributed by atoms with van der Waals surface area (Å²) in [6.45, 7) is 1.93. The summed E-state index contributed by atoms with van der Waals surface area (Å²) in [5.41, 5.74) is 3.21. The third-order valence-electron chi connectivity index (χ3n) is 5.40. The Bertz CT molecular complexity index is 754. The SMILES string of the molecule is CC1=C(C(=O)OC2CCCC2)C(c2cccs2)C2=C(CCCC2=O)N1. The molecule has 1 unspecified atom stereocenters. The van der Waals surface area contributed by atoms with Crippen molar-refractivity contribution in [1.29, 1.82) is 0 Å². The molecule has 0 saturated heterocycles. The van der Waals surface area contributed by atoms with Gasteiger partial charge in [0.05, 0.1) is 11.5 Å². The van der Waals surface area contributed by atoms with Crippen LogP contribution in [0.1, 0.15) is 62.7 Å². The number of Topliss-reactive ketones (excluding diaryl/α,β-unsaturated/α-hetero) is 1. The lowest BCUT2D eigenvalue weighted by Gasteiger charge is -2.33. The number of dihydropyridines is 1. The van der Waals surface area contributed by atoms with Crippen LogP contribution >= 0.6 is 11.3 Å². The van der Waals surface area contributed by atoms with Gasteiger partial charge in [0.15, 0.2) is 5.78 Å². The van der Waals surface area contributed by atoms with Crippen LogP contribution in [0.15, 0.2) is 40.1 Å². The zero-order valence-electron chi connectivity index (χ0n) is 14.5. The maximum Gasteiger partial charge on any atom is 0.337 e. The molecule has 1 aromatic heterocycles. The monoisotopic (exact) mass is 357 g/mol. The average molecular weight is 357 g/mol. The molecule has 0 radical (unpaired) electrons. The van der Waals surface area contributed by atoms with Gasteiger partial charge in [0.1, 0.15) is 6.10 Å². The van der Waals surface area contributed by atoms with E-state index in [4.69, 9.17) is 4.74 Å². The number of carbonyl (C=O) groups is 2. The summed E-state index contributed by atoms with van der Waals surface area (Å²) in [6, 6.07) is 3.99. The minimum atomic E-state index is -0.280. The van der Waals surface area contributed by atoms with E-state index in [1.807, 2.05) is 24.4 Å². The maximum atomic E-state index is 13.0. The topological polar surface area (TPSA) is 55.4 Å². The average Bonchev–Trinajstić information content (AvgIpc) is 3.27. The number of hydrogen-bond acceptors (Lipinski definition) is 5. The summed E-state index contributed by atoms with van der Waals surface area (Å²) in [4.78, 5) is 26.7. The van der Waals surface area contributed by atoms with E-state index in [1.165, 1.54) is 0 Å². The molecular formula is C20H23NO3S.